The second-order valence-corrected chi connectivity index (χ2v) is 4.93. The van der Waals surface area contributed by atoms with Crippen molar-refractivity contribution < 1.29 is 23.9 Å². The molecule has 1 aliphatic rings. The van der Waals surface area contributed by atoms with Gasteiger partial charge in [-0.15, -0.1) is 0 Å². The van der Waals surface area contributed by atoms with Crippen LogP contribution >= 0.6 is 0 Å². The maximum absolute atomic E-state index is 11.6. The van der Waals surface area contributed by atoms with Gasteiger partial charge in [0.15, 0.2) is 0 Å². The van der Waals surface area contributed by atoms with E-state index in [1.54, 1.807) is 24.3 Å². The van der Waals surface area contributed by atoms with Crippen molar-refractivity contribution in [3.05, 3.63) is 53.4 Å². The molecule has 1 aliphatic heterocycles. The lowest BCUT2D eigenvalue weighted by atomic mass is 10.1. The number of hydrogen-bond acceptors (Lipinski definition) is 4. The Balaban J connectivity index is 1.87. The molecule has 0 bridgehead atoms. The van der Waals surface area contributed by atoms with E-state index in [9.17, 15) is 14.4 Å². The highest BCUT2D eigenvalue weighted by Crippen LogP contribution is 2.25. The van der Waals surface area contributed by atoms with Crippen LogP contribution in [0.4, 0.5) is 4.79 Å². The van der Waals surface area contributed by atoms with Gasteiger partial charge in [0.1, 0.15) is 17.2 Å². The number of carbonyl (C=O) groups is 3. The third-order valence-electron chi connectivity index (χ3n) is 3.44. The van der Waals surface area contributed by atoms with E-state index in [1.807, 2.05) is 0 Å². The van der Waals surface area contributed by atoms with Crippen LogP contribution in [-0.4, -0.2) is 35.0 Å². The average molecular weight is 312 g/mol. The number of benzene rings is 1. The van der Waals surface area contributed by atoms with Crippen molar-refractivity contribution in [3.8, 4) is 11.3 Å². The molecule has 23 heavy (non-hydrogen) atoms. The Labute approximate surface area is 130 Å². The zero-order chi connectivity index (χ0) is 16.6. The molecular weight excluding hydrogens is 300 g/mol. The molecule has 0 spiro atoms. The molecule has 3 amide bonds. The number of urea groups is 1. The SMILES string of the molecule is CN1C(=O)NC(=O)/C1=C\c1ccc(-c2ccc(C(=O)O)cc2)o1. The summed E-state index contributed by atoms with van der Waals surface area (Å²) in [5.74, 6) is -0.544. The van der Waals surface area contributed by atoms with E-state index in [4.69, 9.17) is 9.52 Å². The van der Waals surface area contributed by atoms with Crippen LogP contribution in [0.1, 0.15) is 16.1 Å². The predicted octanol–water partition coefficient (Wildman–Crippen LogP) is 2.17. The molecule has 0 atom stereocenters. The van der Waals surface area contributed by atoms with Gasteiger partial charge < -0.3 is 9.52 Å². The van der Waals surface area contributed by atoms with Crippen molar-refractivity contribution in [2.24, 2.45) is 0 Å². The molecule has 2 N–H and O–H groups in total. The van der Waals surface area contributed by atoms with Gasteiger partial charge in [0.25, 0.3) is 5.91 Å². The monoisotopic (exact) mass is 312 g/mol. The molecule has 0 aliphatic carbocycles. The Morgan fingerprint density at radius 3 is 2.43 bits per heavy atom. The van der Waals surface area contributed by atoms with Crippen LogP contribution in [0.5, 0.6) is 0 Å². The normalized spacial score (nSPS) is 16.0. The minimum atomic E-state index is -0.999. The number of carboxylic acid groups (broad SMARTS) is 1. The van der Waals surface area contributed by atoms with E-state index < -0.39 is 17.9 Å². The van der Waals surface area contributed by atoms with Crippen LogP contribution in [0.25, 0.3) is 17.4 Å². The van der Waals surface area contributed by atoms with Crippen molar-refractivity contribution in [1.82, 2.24) is 10.2 Å². The van der Waals surface area contributed by atoms with Crippen LogP contribution in [-0.2, 0) is 4.79 Å². The van der Waals surface area contributed by atoms with Crippen LogP contribution in [0.3, 0.4) is 0 Å². The Bertz CT molecular complexity index is 832. The molecule has 1 fully saturated rings. The largest absolute Gasteiger partial charge is 0.478 e. The fourth-order valence-electron chi connectivity index (χ4n) is 2.17. The van der Waals surface area contributed by atoms with Gasteiger partial charge in [-0.25, -0.2) is 9.59 Å². The number of rotatable bonds is 3. The van der Waals surface area contributed by atoms with Crippen molar-refractivity contribution in [1.29, 1.82) is 0 Å². The summed E-state index contributed by atoms with van der Waals surface area (Å²) >= 11 is 0. The first-order valence-electron chi connectivity index (χ1n) is 6.70. The lowest BCUT2D eigenvalue weighted by molar-refractivity contribution is -0.115. The summed E-state index contributed by atoms with van der Waals surface area (Å²) in [5, 5.41) is 11.1. The van der Waals surface area contributed by atoms with Gasteiger partial charge in [0, 0.05) is 18.7 Å². The molecule has 2 aromatic rings. The summed E-state index contributed by atoms with van der Waals surface area (Å²) in [7, 11) is 1.49. The molecule has 3 rings (SSSR count). The predicted molar refractivity (Wildman–Crippen MR) is 80.4 cm³/mol. The van der Waals surface area contributed by atoms with E-state index in [0.29, 0.717) is 17.1 Å². The molecule has 1 aromatic heterocycles. The molecule has 0 unspecified atom stereocenters. The molecule has 2 heterocycles. The number of carboxylic acids is 1. The number of amides is 3. The second-order valence-electron chi connectivity index (χ2n) is 4.93. The van der Waals surface area contributed by atoms with Gasteiger partial charge in [-0.05, 0) is 24.3 Å². The van der Waals surface area contributed by atoms with Crippen molar-refractivity contribution in [3.63, 3.8) is 0 Å². The highest BCUT2D eigenvalue weighted by atomic mass is 16.4. The van der Waals surface area contributed by atoms with E-state index in [0.717, 1.165) is 0 Å². The highest BCUT2D eigenvalue weighted by molar-refractivity contribution is 6.13. The van der Waals surface area contributed by atoms with Crippen LogP contribution < -0.4 is 5.32 Å². The quantitative estimate of drug-likeness (QED) is 0.668. The van der Waals surface area contributed by atoms with E-state index >= 15 is 0 Å². The lowest BCUT2D eigenvalue weighted by Crippen LogP contribution is -2.24. The number of furan rings is 1. The van der Waals surface area contributed by atoms with Crippen molar-refractivity contribution >= 4 is 24.0 Å². The Hall–Kier alpha value is -3.35. The minimum absolute atomic E-state index is 0.186. The fraction of sp³-hybridized carbons (Fsp3) is 0.0625. The number of nitrogens with zero attached hydrogens (tertiary/aromatic N) is 1. The summed E-state index contributed by atoms with van der Waals surface area (Å²) in [6, 6.07) is 9.12. The standard InChI is InChI=1S/C16H12N2O5/c1-18-12(14(19)17-16(18)22)8-11-6-7-13(23-11)9-2-4-10(5-3-9)15(20)21/h2-8H,1H3,(H,20,21)(H,17,19,22)/b12-8+. The highest BCUT2D eigenvalue weighted by Gasteiger charge is 2.29. The van der Waals surface area contributed by atoms with E-state index in [1.165, 1.54) is 30.2 Å². The number of hydrogen-bond donors (Lipinski definition) is 2. The fourth-order valence-corrected chi connectivity index (χ4v) is 2.17. The molecule has 1 aromatic carbocycles. The molecule has 7 heteroatoms. The summed E-state index contributed by atoms with van der Waals surface area (Å²) in [6.45, 7) is 0. The first kappa shape index (κ1) is 14.6. The zero-order valence-electron chi connectivity index (χ0n) is 12.1. The molecular formula is C16H12N2O5. The van der Waals surface area contributed by atoms with Gasteiger partial charge in [-0.3, -0.25) is 15.0 Å². The smallest absolute Gasteiger partial charge is 0.335 e. The topological polar surface area (TPSA) is 99.9 Å². The first-order valence-corrected chi connectivity index (χ1v) is 6.70. The maximum Gasteiger partial charge on any atom is 0.335 e. The molecule has 116 valence electrons. The molecule has 7 nitrogen and oxygen atoms in total. The summed E-state index contributed by atoms with van der Waals surface area (Å²) in [4.78, 5) is 35.0. The third kappa shape index (κ3) is 2.71. The van der Waals surface area contributed by atoms with Crippen LogP contribution in [0.2, 0.25) is 0 Å². The number of carbonyl (C=O) groups excluding carboxylic acids is 2. The Morgan fingerprint density at radius 2 is 1.87 bits per heavy atom. The summed E-state index contributed by atoms with van der Waals surface area (Å²) in [5.41, 5.74) is 1.09. The number of aromatic carboxylic acids is 1. The number of nitrogens with one attached hydrogen (secondary N) is 1. The first-order chi connectivity index (χ1) is 11.0. The van der Waals surface area contributed by atoms with Crippen molar-refractivity contribution in [2.45, 2.75) is 0 Å². The summed E-state index contributed by atoms with van der Waals surface area (Å²) < 4.78 is 5.62. The van der Waals surface area contributed by atoms with Gasteiger partial charge in [0.2, 0.25) is 0 Å². The van der Waals surface area contributed by atoms with Gasteiger partial charge in [0.05, 0.1) is 5.56 Å². The van der Waals surface area contributed by atoms with Gasteiger partial charge in [-0.2, -0.15) is 0 Å². The maximum atomic E-state index is 11.6. The molecule has 0 radical (unpaired) electrons. The van der Waals surface area contributed by atoms with E-state index in [-0.39, 0.29) is 11.3 Å². The zero-order valence-corrected chi connectivity index (χ0v) is 12.1. The lowest BCUT2D eigenvalue weighted by Gasteiger charge is -2.05. The minimum Gasteiger partial charge on any atom is -0.478 e. The molecule has 0 saturated carbocycles. The van der Waals surface area contributed by atoms with Gasteiger partial charge in [-0.1, -0.05) is 12.1 Å². The molecule has 1 saturated heterocycles. The van der Waals surface area contributed by atoms with Crippen molar-refractivity contribution in [2.75, 3.05) is 7.05 Å². The number of likely N-dealkylation sites (N-methyl/N-ethyl adjacent to an activating group) is 1. The van der Waals surface area contributed by atoms with E-state index in [2.05, 4.69) is 5.32 Å². The van der Waals surface area contributed by atoms with Crippen LogP contribution in [0.15, 0.2) is 46.5 Å². The average Bonchev–Trinajstić information content (AvgIpc) is 3.08. The summed E-state index contributed by atoms with van der Waals surface area (Å²) in [6.07, 6.45) is 1.47. The number of imide groups is 1. The van der Waals surface area contributed by atoms with Crippen LogP contribution in [0, 0.1) is 0 Å². The Morgan fingerprint density at radius 1 is 1.17 bits per heavy atom. The van der Waals surface area contributed by atoms with Gasteiger partial charge >= 0.3 is 12.0 Å². The second kappa shape index (κ2) is 5.45. The third-order valence-corrected chi connectivity index (χ3v) is 3.44. The Kier molecular flexibility index (Phi) is 3.46.